The highest BCUT2D eigenvalue weighted by atomic mass is 14.0. The summed E-state index contributed by atoms with van der Waals surface area (Å²) in [6.07, 6.45) is 12.6. The van der Waals surface area contributed by atoms with Crippen LogP contribution in [0.5, 0.6) is 0 Å². The molecule has 0 aromatic rings. The molecule has 0 amide bonds. The van der Waals surface area contributed by atoms with Crippen LogP contribution in [-0.2, 0) is 0 Å². The van der Waals surface area contributed by atoms with Crippen molar-refractivity contribution in [2.24, 2.45) is 5.92 Å². The zero-order valence-electron chi connectivity index (χ0n) is 11.9. The Bertz CT molecular complexity index is 80.0. The fourth-order valence-corrected chi connectivity index (χ4v) is 1.48. The topological polar surface area (TPSA) is 0 Å². The first kappa shape index (κ1) is 17.4. The Labute approximate surface area is 98.9 Å². The van der Waals surface area contributed by atoms with Crippen LogP contribution in [-0.4, -0.2) is 0 Å². The van der Waals surface area contributed by atoms with Crippen LogP contribution < -0.4 is 0 Å². The Morgan fingerprint density at radius 1 is 0.600 bits per heavy atom. The van der Waals surface area contributed by atoms with E-state index in [0.717, 1.165) is 5.92 Å². The molecule has 0 nitrogen and oxygen atoms in total. The third kappa shape index (κ3) is 24.9. The molecule has 0 unspecified atom stereocenters. The molecule has 0 spiro atoms. The van der Waals surface area contributed by atoms with E-state index in [2.05, 4.69) is 34.6 Å². The summed E-state index contributed by atoms with van der Waals surface area (Å²) in [6, 6.07) is 0. The van der Waals surface area contributed by atoms with Gasteiger partial charge in [-0.3, -0.25) is 0 Å². The van der Waals surface area contributed by atoms with Crippen molar-refractivity contribution in [2.75, 3.05) is 0 Å². The van der Waals surface area contributed by atoms with Crippen molar-refractivity contribution in [3.63, 3.8) is 0 Å². The minimum atomic E-state index is 0.904. The second-order valence-electron chi connectivity index (χ2n) is 4.95. The maximum Gasteiger partial charge on any atom is -0.0471 e. The van der Waals surface area contributed by atoms with E-state index in [1.54, 1.807) is 0 Å². The van der Waals surface area contributed by atoms with Crippen molar-refractivity contribution in [3.05, 3.63) is 0 Å². The highest BCUT2D eigenvalue weighted by molar-refractivity contribution is 4.44. The zero-order chi connectivity index (χ0) is 11.9. The van der Waals surface area contributed by atoms with Crippen molar-refractivity contribution < 1.29 is 0 Å². The summed E-state index contributed by atoms with van der Waals surface area (Å²) < 4.78 is 0. The molecule has 15 heavy (non-hydrogen) atoms. The molecule has 0 radical (unpaired) electrons. The predicted molar refractivity (Wildman–Crippen MR) is 73.4 cm³/mol. The van der Waals surface area contributed by atoms with Crippen LogP contribution >= 0.6 is 0 Å². The molecule has 0 aromatic carbocycles. The number of unbranched alkanes of at least 4 members (excludes halogenated alkanes) is 6. The first-order valence-corrected chi connectivity index (χ1v) is 7.18. The van der Waals surface area contributed by atoms with Crippen molar-refractivity contribution in [1.82, 2.24) is 0 Å². The molecule has 0 saturated carbocycles. The van der Waals surface area contributed by atoms with Gasteiger partial charge in [0.2, 0.25) is 0 Å². The number of rotatable bonds is 8. The molecule has 0 aromatic heterocycles. The van der Waals surface area contributed by atoms with Crippen LogP contribution in [0.3, 0.4) is 0 Å². The Hall–Kier alpha value is 0. The van der Waals surface area contributed by atoms with E-state index < -0.39 is 0 Å². The Kier molecular flexibility index (Phi) is 19.1. The van der Waals surface area contributed by atoms with Crippen molar-refractivity contribution >= 4 is 0 Å². The quantitative estimate of drug-likeness (QED) is 0.422. The fraction of sp³-hybridized carbons (Fsp3) is 1.00. The molecule has 0 aliphatic carbocycles. The van der Waals surface area contributed by atoms with E-state index in [4.69, 9.17) is 0 Å². The van der Waals surface area contributed by atoms with Gasteiger partial charge in [-0.2, -0.15) is 0 Å². The first-order valence-electron chi connectivity index (χ1n) is 7.18. The van der Waals surface area contributed by atoms with E-state index in [9.17, 15) is 0 Å². The second-order valence-corrected chi connectivity index (χ2v) is 4.95. The van der Waals surface area contributed by atoms with E-state index in [-0.39, 0.29) is 0 Å². The summed E-state index contributed by atoms with van der Waals surface area (Å²) in [5, 5.41) is 0. The maximum atomic E-state index is 2.29. The summed E-state index contributed by atoms with van der Waals surface area (Å²) in [5.74, 6) is 0.904. The molecule has 0 heterocycles. The molecular formula is C15H34. The first-order chi connectivity index (χ1) is 7.18. The van der Waals surface area contributed by atoms with Gasteiger partial charge in [-0.1, -0.05) is 92.4 Å². The van der Waals surface area contributed by atoms with E-state index in [1.165, 1.54) is 57.8 Å². The van der Waals surface area contributed by atoms with Crippen LogP contribution in [0.4, 0.5) is 0 Å². The van der Waals surface area contributed by atoms with E-state index in [0.29, 0.717) is 0 Å². The van der Waals surface area contributed by atoms with Gasteiger partial charge in [0.15, 0.2) is 0 Å². The van der Waals surface area contributed by atoms with Gasteiger partial charge in [-0.05, 0) is 5.92 Å². The summed E-state index contributed by atoms with van der Waals surface area (Å²) in [6.45, 7) is 11.3. The van der Waals surface area contributed by atoms with E-state index >= 15 is 0 Å². The Balaban J connectivity index is 0. The standard InChI is InChI=1S/C8H18.C7H16/c1-4-5-6-7-8(2)3;1-3-5-7-6-4-2/h8H,4-7H2,1-3H3;3-7H2,1-2H3. The monoisotopic (exact) mass is 214 g/mol. The van der Waals surface area contributed by atoms with Crippen LogP contribution in [0.2, 0.25) is 0 Å². The molecular weight excluding hydrogens is 180 g/mol. The van der Waals surface area contributed by atoms with Crippen molar-refractivity contribution in [1.29, 1.82) is 0 Å². The van der Waals surface area contributed by atoms with Crippen molar-refractivity contribution in [3.8, 4) is 0 Å². The van der Waals surface area contributed by atoms with Gasteiger partial charge in [0.25, 0.3) is 0 Å². The van der Waals surface area contributed by atoms with Gasteiger partial charge < -0.3 is 0 Å². The molecule has 0 atom stereocenters. The molecule has 0 saturated heterocycles. The van der Waals surface area contributed by atoms with E-state index in [1.807, 2.05) is 0 Å². The number of hydrogen-bond acceptors (Lipinski definition) is 0. The molecule has 94 valence electrons. The third-order valence-electron chi connectivity index (χ3n) is 2.59. The van der Waals surface area contributed by atoms with Crippen LogP contribution in [0.25, 0.3) is 0 Å². The lowest BCUT2D eigenvalue weighted by atomic mass is 10.1. The van der Waals surface area contributed by atoms with Gasteiger partial charge in [0.1, 0.15) is 0 Å². The summed E-state index contributed by atoms with van der Waals surface area (Å²) in [7, 11) is 0. The minimum absolute atomic E-state index is 0.904. The lowest BCUT2D eigenvalue weighted by Crippen LogP contribution is -1.85. The normalized spacial score (nSPS) is 10.0. The average Bonchev–Trinajstić information content (AvgIpc) is 2.20. The van der Waals surface area contributed by atoms with Gasteiger partial charge >= 0.3 is 0 Å². The lowest BCUT2D eigenvalue weighted by molar-refractivity contribution is 0.534. The molecule has 0 heteroatoms. The average molecular weight is 214 g/mol. The molecule has 0 fully saturated rings. The third-order valence-corrected chi connectivity index (χ3v) is 2.59. The Morgan fingerprint density at radius 3 is 1.33 bits per heavy atom. The Morgan fingerprint density at radius 2 is 1.00 bits per heavy atom. The molecule has 0 N–H and O–H groups in total. The fourth-order valence-electron chi connectivity index (χ4n) is 1.48. The highest BCUT2D eigenvalue weighted by Crippen LogP contribution is 2.06. The highest BCUT2D eigenvalue weighted by Gasteiger charge is 1.90. The predicted octanol–water partition coefficient (Wildman–Crippen LogP) is 6.20. The SMILES string of the molecule is CCCCCC(C)C.CCCCCCC. The lowest BCUT2D eigenvalue weighted by Gasteiger charge is -2.00. The smallest absolute Gasteiger partial charge is 0.0471 e. The van der Waals surface area contributed by atoms with Gasteiger partial charge in [0.05, 0.1) is 0 Å². The molecule has 0 rings (SSSR count). The van der Waals surface area contributed by atoms with Gasteiger partial charge in [-0.25, -0.2) is 0 Å². The number of hydrogen-bond donors (Lipinski definition) is 0. The van der Waals surface area contributed by atoms with Crippen LogP contribution in [0, 0.1) is 5.92 Å². The summed E-state index contributed by atoms with van der Waals surface area (Å²) in [5.41, 5.74) is 0. The summed E-state index contributed by atoms with van der Waals surface area (Å²) >= 11 is 0. The molecule has 0 aliphatic rings. The second kappa shape index (κ2) is 16.4. The maximum absolute atomic E-state index is 2.29. The van der Waals surface area contributed by atoms with Crippen LogP contribution in [0.1, 0.15) is 92.4 Å². The van der Waals surface area contributed by atoms with Gasteiger partial charge in [-0.15, -0.1) is 0 Å². The largest absolute Gasteiger partial charge is 0.0654 e. The molecule has 0 aliphatic heterocycles. The summed E-state index contributed by atoms with van der Waals surface area (Å²) in [4.78, 5) is 0. The van der Waals surface area contributed by atoms with Gasteiger partial charge in [0, 0.05) is 0 Å². The van der Waals surface area contributed by atoms with Crippen LogP contribution in [0.15, 0.2) is 0 Å². The minimum Gasteiger partial charge on any atom is -0.0654 e. The molecule has 0 bridgehead atoms. The van der Waals surface area contributed by atoms with Crippen molar-refractivity contribution in [2.45, 2.75) is 92.4 Å². The zero-order valence-corrected chi connectivity index (χ0v) is 11.9.